The Morgan fingerprint density at radius 1 is 1.00 bits per heavy atom. The predicted octanol–water partition coefficient (Wildman–Crippen LogP) is 0.593. The van der Waals surface area contributed by atoms with Gasteiger partial charge in [-0.15, -0.1) is 0 Å². The van der Waals surface area contributed by atoms with Crippen molar-refractivity contribution in [2.45, 2.75) is 0 Å². The SMILES string of the molecule is [XeH]c1ccccc1. The maximum atomic E-state index is 2.28. The van der Waals surface area contributed by atoms with Gasteiger partial charge in [0.05, 0.1) is 0 Å². The van der Waals surface area contributed by atoms with E-state index in [0.717, 1.165) is 0 Å². The molecule has 0 radical (unpaired) electrons. The number of hydrogen-bond donors (Lipinski definition) is 0. The third-order valence-corrected chi connectivity index (χ3v) is 1.45. The molecule has 7 heavy (non-hydrogen) atoms. The van der Waals surface area contributed by atoms with E-state index in [4.69, 9.17) is 0 Å². The Morgan fingerprint density at radius 3 is 1.86 bits per heavy atom. The van der Waals surface area contributed by atoms with Crippen molar-refractivity contribution >= 4 is 0.0314 Å². The first kappa shape index (κ1) is 5.92. The Labute approximate surface area is 75.6 Å². The Bertz CT molecular complexity index is 134. The van der Waals surface area contributed by atoms with Crippen LogP contribution in [0.1, 0.15) is 0 Å². The van der Waals surface area contributed by atoms with E-state index in [1.54, 1.807) is 0 Å². The zero-order chi connectivity index (χ0) is 5.11. The van der Waals surface area contributed by atoms with E-state index in [-0.39, 0.29) is 0 Å². The summed E-state index contributed by atoms with van der Waals surface area (Å²) < 4.78 is 1.29. The van der Waals surface area contributed by atoms with Gasteiger partial charge in [-0.25, -0.2) is 0 Å². The van der Waals surface area contributed by atoms with Crippen LogP contribution in [-0.2, 0) is 0 Å². The minimum atomic E-state index is 1.29. The third-order valence-electron chi connectivity index (χ3n) is 0.733. The Morgan fingerprint density at radius 2 is 1.57 bits per heavy atom. The molecule has 0 atom stereocenters. The van der Waals surface area contributed by atoms with Crippen LogP contribution in [0.25, 0.3) is 0 Å². The summed E-state index contributed by atoms with van der Waals surface area (Å²) in [7, 11) is 0. The molecule has 0 aliphatic heterocycles. The van der Waals surface area contributed by atoms with Crippen molar-refractivity contribution in [1.29, 1.82) is 0 Å². The topological polar surface area (TPSA) is 0 Å². The molecule has 0 heterocycles. The number of benzene rings is 1. The van der Waals surface area contributed by atoms with Gasteiger partial charge in [0.25, 0.3) is 0 Å². The van der Waals surface area contributed by atoms with Crippen LogP contribution in [0, 0.1) is 46.5 Å². The molecule has 0 spiro atoms. The van der Waals surface area contributed by atoms with E-state index >= 15 is 0 Å². The number of rotatable bonds is 0. The van der Waals surface area contributed by atoms with Gasteiger partial charge < -0.3 is 0 Å². The average Bonchev–Trinajstić information content (AvgIpc) is 1.69. The molecule has 1 aromatic carbocycles. The normalized spacial score (nSPS) is 8.86. The van der Waals surface area contributed by atoms with E-state index in [1.165, 1.54) is 0.0314 Å². The van der Waals surface area contributed by atoms with Gasteiger partial charge in [-0.3, -0.25) is 0 Å². The molecule has 0 bridgehead atoms. The molecule has 0 N–H and O–H groups in total. The molecule has 0 unspecified atom stereocenters. The summed E-state index contributed by atoms with van der Waals surface area (Å²) in [5, 5.41) is 0. The number of hydrogen-bond acceptors (Lipinski definition) is 0. The molecule has 38 valence electrons. The summed E-state index contributed by atoms with van der Waals surface area (Å²) in [6, 6.07) is 10.2. The van der Waals surface area contributed by atoms with Crippen LogP contribution in [0.4, 0.5) is 0 Å². The second kappa shape index (κ2) is 2.95. The molecule has 0 aliphatic carbocycles. The Kier molecular flexibility index (Phi) is 2.49. The van der Waals surface area contributed by atoms with Gasteiger partial charge in [-0.1, -0.05) is 0 Å². The Balaban J connectivity index is 3.02. The molecule has 0 nitrogen and oxygen atoms in total. The van der Waals surface area contributed by atoms with Gasteiger partial charge in [0.1, 0.15) is 0 Å². The van der Waals surface area contributed by atoms with Crippen molar-refractivity contribution in [2.75, 3.05) is 0 Å². The first-order chi connectivity index (χ1) is 3.39. The van der Waals surface area contributed by atoms with E-state index in [2.05, 4.69) is 58.7 Å². The van der Waals surface area contributed by atoms with Crippen molar-refractivity contribution in [2.24, 2.45) is 0 Å². The molecule has 0 aromatic heterocycles. The van der Waals surface area contributed by atoms with Crippen LogP contribution >= 0.6 is 0 Å². The molecule has 0 saturated carbocycles. The third kappa shape index (κ3) is 2.02. The molecular formula is C6H6Xe. The van der Waals surface area contributed by atoms with Crippen LogP contribution in [-0.4, -0.2) is 0 Å². The van der Waals surface area contributed by atoms with Crippen LogP contribution in [0.5, 0.6) is 0 Å². The van der Waals surface area contributed by atoms with Crippen molar-refractivity contribution in [3.63, 3.8) is 0 Å². The summed E-state index contributed by atoms with van der Waals surface area (Å²) in [5.74, 6) is 0. The molecule has 0 aliphatic rings. The van der Waals surface area contributed by atoms with Crippen LogP contribution in [0.15, 0.2) is 30.3 Å². The summed E-state index contributed by atoms with van der Waals surface area (Å²) >= 11 is 2.28. The Hall–Kier alpha value is 0.791. The monoisotopic (exact) mass is 210 g/mol. The fourth-order valence-corrected chi connectivity index (χ4v) is 0.830. The first-order valence-electron chi connectivity index (χ1n) is 2.10. The van der Waals surface area contributed by atoms with Crippen molar-refractivity contribution in [3.05, 3.63) is 30.3 Å². The van der Waals surface area contributed by atoms with Crippen molar-refractivity contribution < 1.29 is 46.5 Å². The van der Waals surface area contributed by atoms with Gasteiger partial charge in [0, 0.05) is 0 Å². The predicted molar refractivity (Wildman–Crippen MR) is 27.5 cm³/mol. The van der Waals surface area contributed by atoms with Gasteiger partial charge in [0.2, 0.25) is 0 Å². The first-order valence-corrected chi connectivity index (χ1v) is 3.18. The fraction of sp³-hybridized carbons (Fsp3) is 0. The van der Waals surface area contributed by atoms with Gasteiger partial charge in [-0.2, -0.15) is 0 Å². The van der Waals surface area contributed by atoms with Crippen molar-refractivity contribution in [3.8, 4) is 0 Å². The quantitative estimate of drug-likeness (QED) is 0.587. The van der Waals surface area contributed by atoms with E-state index in [0.29, 0.717) is 0 Å². The standard InChI is InChI=1S/C6H6Xe/c7-6-4-2-1-3-5-6/h1-5,7H. The van der Waals surface area contributed by atoms with Gasteiger partial charge in [-0.05, 0) is 0 Å². The van der Waals surface area contributed by atoms with E-state index < -0.39 is 0 Å². The fourth-order valence-electron chi connectivity index (χ4n) is 0.415. The van der Waals surface area contributed by atoms with Crippen LogP contribution in [0.3, 0.4) is 0 Å². The molecule has 0 fully saturated rings. The molecule has 1 rings (SSSR count). The summed E-state index contributed by atoms with van der Waals surface area (Å²) in [5.41, 5.74) is 0. The second-order valence-corrected chi connectivity index (χ2v) is 2.54. The van der Waals surface area contributed by atoms with E-state index in [9.17, 15) is 0 Å². The van der Waals surface area contributed by atoms with Gasteiger partial charge >= 0.3 is 76.9 Å². The molecule has 1 aromatic rings. The second-order valence-electron chi connectivity index (χ2n) is 1.30. The maximum absolute atomic E-state index is 2.28. The summed E-state index contributed by atoms with van der Waals surface area (Å²) in [6.07, 6.45) is 0. The van der Waals surface area contributed by atoms with Crippen LogP contribution in [0.2, 0.25) is 0 Å². The zero-order valence-electron chi connectivity index (χ0n) is 3.76. The summed E-state index contributed by atoms with van der Waals surface area (Å²) in [6.45, 7) is 0. The molecule has 0 saturated heterocycles. The van der Waals surface area contributed by atoms with E-state index in [1.807, 2.05) is 18.2 Å². The average molecular weight is 209 g/mol. The molecule has 1 heteroatoms. The minimum absolute atomic E-state index is 1.29. The van der Waals surface area contributed by atoms with Crippen molar-refractivity contribution in [1.82, 2.24) is 0 Å². The summed E-state index contributed by atoms with van der Waals surface area (Å²) in [4.78, 5) is 0. The van der Waals surface area contributed by atoms with Gasteiger partial charge in [0.15, 0.2) is 0 Å². The van der Waals surface area contributed by atoms with Crippen LogP contribution < -0.4 is 0.0314 Å². The molecular weight excluding hydrogens is 203 g/mol. The molecule has 0 amide bonds. The zero-order valence-corrected chi connectivity index (χ0v) is 5.92.